The van der Waals surface area contributed by atoms with Gasteiger partial charge in [0.2, 0.25) is 0 Å². The van der Waals surface area contributed by atoms with Crippen LogP contribution in [0.4, 0.5) is 0 Å². The molecule has 0 aliphatic carbocycles. The van der Waals surface area contributed by atoms with E-state index in [9.17, 15) is 0 Å². The number of nitrogens with two attached hydrogens (primary N) is 1. The first kappa shape index (κ1) is 23.1. The van der Waals surface area contributed by atoms with E-state index in [1.807, 2.05) is 0 Å². The Hall–Kier alpha value is -0.200. The summed E-state index contributed by atoms with van der Waals surface area (Å²) >= 11 is 0. The lowest BCUT2D eigenvalue weighted by molar-refractivity contribution is -0.306. The molecular weight excluding hydrogens is 338 g/mol. The van der Waals surface area contributed by atoms with Crippen LogP contribution in [0.5, 0.6) is 0 Å². The van der Waals surface area contributed by atoms with Crippen LogP contribution in [-0.4, -0.2) is 51.0 Å². The fourth-order valence-corrected chi connectivity index (χ4v) is 6.55. The van der Waals surface area contributed by atoms with Gasteiger partial charge >= 0.3 is 0 Å². The molecule has 0 atom stereocenters. The second kappa shape index (κ2) is 7.24. The summed E-state index contributed by atoms with van der Waals surface area (Å²) in [6.07, 6.45) is 3.98. The number of hydroxylamine groups is 4. The van der Waals surface area contributed by atoms with Crippen molar-refractivity contribution in [2.75, 3.05) is 13.2 Å². The van der Waals surface area contributed by atoms with Gasteiger partial charge in [0.25, 0.3) is 0 Å². The van der Waals surface area contributed by atoms with Crippen LogP contribution in [0.25, 0.3) is 0 Å². The van der Waals surface area contributed by atoms with Crippen LogP contribution in [0, 0.1) is 5.92 Å². The summed E-state index contributed by atoms with van der Waals surface area (Å²) in [5.74, 6) is 0.446. The third-order valence-electron chi connectivity index (χ3n) is 6.54. The van der Waals surface area contributed by atoms with Crippen LogP contribution < -0.4 is 5.73 Å². The molecule has 0 unspecified atom stereocenters. The van der Waals surface area contributed by atoms with Gasteiger partial charge in [-0.15, -0.1) is 0 Å². The van der Waals surface area contributed by atoms with Crippen LogP contribution >= 0.6 is 0 Å². The average molecular weight is 384 g/mol. The summed E-state index contributed by atoms with van der Waals surface area (Å²) in [5.41, 5.74) is 6.77. The number of nitrogens with zero attached hydrogens (tertiary/aromatic N) is 2. The highest BCUT2D eigenvalue weighted by atomic mass is 16.7. The largest absolute Gasteiger partial charge is 0.325 e. The molecule has 2 saturated heterocycles. The first-order valence-electron chi connectivity index (χ1n) is 10.8. The molecule has 2 N–H and O–H groups in total. The fourth-order valence-electron chi connectivity index (χ4n) is 6.55. The Kier molecular flexibility index (Phi) is 6.19. The molecule has 2 aliphatic heterocycles. The summed E-state index contributed by atoms with van der Waals surface area (Å²) in [4.78, 5) is 12.2. The van der Waals surface area contributed by atoms with E-state index >= 15 is 0 Å². The molecular formula is C22H45N3O2. The fraction of sp³-hybridized carbons (Fsp3) is 1.00. The molecule has 27 heavy (non-hydrogen) atoms. The van der Waals surface area contributed by atoms with E-state index in [-0.39, 0.29) is 27.7 Å². The van der Waals surface area contributed by atoms with Crippen LogP contribution in [0.2, 0.25) is 0 Å². The van der Waals surface area contributed by atoms with Gasteiger partial charge in [0, 0.05) is 27.7 Å². The van der Waals surface area contributed by atoms with Gasteiger partial charge in [0.15, 0.2) is 0 Å². The number of rotatable bonds is 5. The Morgan fingerprint density at radius 1 is 0.704 bits per heavy atom. The van der Waals surface area contributed by atoms with Crippen LogP contribution in [-0.2, 0) is 9.68 Å². The van der Waals surface area contributed by atoms with E-state index in [1.54, 1.807) is 0 Å². The highest BCUT2D eigenvalue weighted by molar-refractivity contribution is 5.12. The van der Waals surface area contributed by atoms with Crippen LogP contribution in [0.1, 0.15) is 94.9 Å². The Morgan fingerprint density at radius 2 is 1.04 bits per heavy atom. The van der Waals surface area contributed by atoms with Crippen molar-refractivity contribution in [3.63, 3.8) is 0 Å². The molecule has 0 radical (unpaired) electrons. The van der Waals surface area contributed by atoms with Crippen molar-refractivity contribution in [3.8, 4) is 0 Å². The first-order chi connectivity index (χ1) is 12.1. The Morgan fingerprint density at radius 3 is 1.37 bits per heavy atom. The lowest BCUT2D eigenvalue weighted by Crippen LogP contribution is -2.72. The standard InChI is InChI=1S/C22H45N3O2/c1-11-26-24-18(3,4)13-17(14-19(24,5)6)22(23)15-20(7,8)25(27-12-2)21(9,10)16-22/h17H,11-16,23H2,1-10H3. The van der Waals surface area contributed by atoms with Crippen molar-refractivity contribution in [2.24, 2.45) is 11.7 Å². The van der Waals surface area contributed by atoms with Crippen molar-refractivity contribution < 1.29 is 9.68 Å². The molecule has 0 aromatic rings. The van der Waals surface area contributed by atoms with Gasteiger partial charge < -0.3 is 5.73 Å². The van der Waals surface area contributed by atoms with E-state index in [1.165, 1.54) is 0 Å². The molecule has 5 nitrogen and oxygen atoms in total. The molecule has 2 fully saturated rings. The van der Waals surface area contributed by atoms with Gasteiger partial charge in [-0.2, -0.15) is 10.1 Å². The monoisotopic (exact) mass is 383 g/mol. The zero-order chi connectivity index (χ0) is 20.9. The van der Waals surface area contributed by atoms with Crippen molar-refractivity contribution in [3.05, 3.63) is 0 Å². The molecule has 0 bridgehead atoms. The van der Waals surface area contributed by atoms with Crippen molar-refractivity contribution >= 4 is 0 Å². The van der Waals surface area contributed by atoms with Gasteiger partial charge in [0.05, 0.1) is 13.2 Å². The quantitative estimate of drug-likeness (QED) is 0.757. The topological polar surface area (TPSA) is 51.0 Å². The normalized spacial score (nSPS) is 30.3. The summed E-state index contributed by atoms with van der Waals surface area (Å²) in [6.45, 7) is 23.8. The smallest absolute Gasteiger partial charge is 0.0657 e. The third kappa shape index (κ3) is 4.37. The van der Waals surface area contributed by atoms with Gasteiger partial charge in [-0.3, -0.25) is 9.68 Å². The predicted octanol–water partition coefficient (Wildman–Crippen LogP) is 4.51. The minimum atomic E-state index is -0.215. The molecule has 2 rings (SSSR count). The van der Waals surface area contributed by atoms with Crippen LogP contribution in [0.15, 0.2) is 0 Å². The maximum atomic E-state index is 7.26. The molecule has 0 amide bonds. The summed E-state index contributed by atoms with van der Waals surface area (Å²) < 4.78 is 0. The third-order valence-corrected chi connectivity index (χ3v) is 6.54. The Bertz CT molecular complexity index is 492. The average Bonchev–Trinajstić information content (AvgIpc) is 2.45. The lowest BCUT2D eigenvalue weighted by atomic mass is 9.59. The van der Waals surface area contributed by atoms with E-state index in [0.29, 0.717) is 19.1 Å². The highest BCUT2D eigenvalue weighted by Crippen LogP contribution is 2.52. The maximum absolute atomic E-state index is 7.26. The minimum absolute atomic E-state index is 0.0415. The van der Waals surface area contributed by atoms with Crippen molar-refractivity contribution in [1.82, 2.24) is 10.1 Å². The maximum Gasteiger partial charge on any atom is 0.0657 e. The zero-order valence-corrected chi connectivity index (χ0v) is 19.6. The summed E-state index contributed by atoms with van der Waals surface area (Å²) in [7, 11) is 0. The SMILES string of the molecule is CCON1C(C)(C)CC(C2(N)CC(C)(C)N(OCC)C(C)(C)C2)CC1(C)C. The highest BCUT2D eigenvalue weighted by Gasteiger charge is 2.58. The van der Waals surface area contributed by atoms with E-state index in [4.69, 9.17) is 15.4 Å². The molecule has 2 aliphatic rings. The van der Waals surface area contributed by atoms with Gasteiger partial charge in [-0.1, -0.05) is 0 Å². The molecule has 0 aromatic heterocycles. The van der Waals surface area contributed by atoms with Crippen molar-refractivity contribution in [2.45, 2.75) is 123 Å². The van der Waals surface area contributed by atoms with E-state index in [2.05, 4.69) is 79.4 Å². The molecule has 0 aromatic carbocycles. The number of piperidine rings is 2. The second-order valence-corrected chi connectivity index (χ2v) is 11.4. The molecule has 2 heterocycles. The number of hydrogen-bond donors (Lipinski definition) is 1. The van der Waals surface area contributed by atoms with Gasteiger partial charge in [-0.25, -0.2) is 0 Å². The molecule has 0 spiro atoms. The minimum Gasteiger partial charge on any atom is -0.325 e. The molecule has 5 heteroatoms. The van der Waals surface area contributed by atoms with Gasteiger partial charge in [-0.05, 0) is 101 Å². The number of hydrogen-bond acceptors (Lipinski definition) is 5. The first-order valence-corrected chi connectivity index (χ1v) is 10.8. The van der Waals surface area contributed by atoms with E-state index in [0.717, 1.165) is 25.7 Å². The summed E-state index contributed by atoms with van der Waals surface area (Å²) in [6, 6.07) is 0. The molecule has 160 valence electrons. The lowest BCUT2D eigenvalue weighted by Gasteiger charge is -2.63. The zero-order valence-electron chi connectivity index (χ0n) is 19.6. The van der Waals surface area contributed by atoms with Gasteiger partial charge in [0.1, 0.15) is 0 Å². The molecule has 0 saturated carbocycles. The Labute approximate surface area is 167 Å². The summed E-state index contributed by atoms with van der Waals surface area (Å²) in [5, 5.41) is 4.43. The van der Waals surface area contributed by atoms with E-state index < -0.39 is 0 Å². The predicted molar refractivity (Wildman–Crippen MR) is 112 cm³/mol. The van der Waals surface area contributed by atoms with Crippen LogP contribution in [0.3, 0.4) is 0 Å². The second-order valence-electron chi connectivity index (χ2n) is 11.4. The van der Waals surface area contributed by atoms with Crippen molar-refractivity contribution in [1.29, 1.82) is 0 Å². The Balaban J connectivity index is 2.35.